The van der Waals surface area contributed by atoms with Crippen molar-refractivity contribution in [2.75, 3.05) is 0 Å². The zero-order valence-corrected chi connectivity index (χ0v) is 14.9. The van der Waals surface area contributed by atoms with Crippen molar-refractivity contribution in [3.8, 4) is 0 Å². The van der Waals surface area contributed by atoms with Gasteiger partial charge >= 0.3 is 11.9 Å². The smallest absolute Gasteiger partial charge is 0.333 e. The second kappa shape index (κ2) is 6.96. The van der Waals surface area contributed by atoms with Gasteiger partial charge in [0.1, 0.15) is 6.10 Å². The van der Waals surface area contributed by atoms with Crippen molar-refractivity contribution in [2.24, 2.45) is 17.3 Å². The first kappa shape index (κ1) is 18.5. The maximum atomic E-state index is 12.2. The number of fused-ring (bicyclic) bond motifs is 1. The van der Waals surface area contributed by atoms with E-state index in [1.165, 1.54) is 0 Å². The first-order valence-electron chi connectivity index (χ1n) is 8.64. The molecule has 0 amide bonds. The van der Waals surface area contributed by atoms with E-state index in [9.17, 15) is 14.7 Å². The summed E-state index contributed by atoms with van der Waals surface area (Å²) in [7, 11) is 0. The number of carboxylic acid groups (broad SMARTS) is 1. The third-order valence-electron chi connectivity index (χ3n) is 6.08. The van der Waals surface area contributed by atoms with Crippen LogP contribution in [0.2, 0.25) is 0 Å². The number of esters is 1. The van der Waals surface area contributed by atoms with Gasteiger partial charge in [0.25, 0.3) is 0 Å². The predicted octanol–water partition coefficient (Wildman–Crippen LogP) is 4.28. The fraction of sp³-hybridized carbons (Fsp3) is 0.600. The molecule has 0 unspecified atom stereocenters. The zero-order chi connectivity index (χ0) is 18.1. The predicted molar refractivity (Wildman–Crippen MR) is 93.4 cm³/mol. The van der Waals surface area contributed by atoms with E-state index in [4.69, 9.17) is 4.74 Å². The molecule has 2 fully saturated rings. The summed E-state index contributed by atoms with van der Waals surface area (Å²) in [4.78, 5) is 23.4. The minimum absolute atomic E-state index is 0.0240. The largest absolute Gasteiger partial charge is 0.478 e. The fourth-order valence-corrected chi connectivity index (χ4v) is 4.19. The molecule has 0 saturated heterocycles. The Morgan fingerprint density at radius 2 is 2.04 bits per heavy atom. The number of carboxylic acids is 1. The monoisotopic (exact) mass is 332 g/mol. The van der Waals surface area contributed by atoms with Gasteiger partial charge < -0.3 is 9.84 Å². The molecule has 2 rings (SSSR count). The highest BCUT2D eigenvalue weighted by Gasteiger charge is 2.51. The van der Waals surface area contributed by atoms with E-state index >= 15 is 0 Å². The van der Waals surface area contributed by atoms with Crippen LogP contribution in [0.4, 0.5) is 0 Å². The van der Waals surface area contributed by atoms with E-state index < -0.39 is 5.97 Å². The Balaban J connectivity index is 2.20. The average Bonchev–Trinajstić information content (AvgIpc) is 2.55. The molecule has 2 aliphatic carbocycles. The second-order valence-electron chi connectivity index (χ2n) is 7.42. The van der Waals surface area contributed by atoms with Gasteiger partial charge in [0, 0.05) is 16.6 Å². The molecular weight excluding hydrogens is 304 g/mol. The van der Waals surface area contributed by atoms with Gasteiger partial charge in [0.2, 0.25) is 0 Å². The average molecular weight is 332 g/mol. The van der Waals surface area contributed by atoms with E-state index in [0.29, 0.717) is 5.57 Å². The van der Waals surface area contributed by atoms with Gasteiger partial charge in [-0.25, -0.2) is 9.59 Å². The molecular formula is C20H28O4. The van der Waals surface area contributed by atoms with Crippen LogP contribution in [0.15, 0.2) is 36.0 Å². The van der Waals surface area contributed by atoms with E-state index in [-0.39, 0.29) is 34.9 Å². The van der Waals surface area contributed by atoms with E-state index in [1.807, 2.05) is 6.92 Å². The number of carbonyl (C=O) groups excluding carboxylic acids is 1. The summed E-state index contributed by atoms with van der Waals surface area (Å²) in [5, 5.41) is 9.22. The third kappa shape index (κ3) is 3.33. The van der Waals surface area contributed by atoms with Crippen LogP contribution in [0.3, 0.4) is 0 Å². The molecule has 0 heterocycles. The van der Waals surface area contributed by atoms with E-state index in [1.54, 1.807) is 13.0 Å². The van der Waals surface area contributed by atoms with Gasteiger partial charge in [-0.05, 0) is 57.8 Å². The number of hydrogen-bond donors (Lipinski definition) is 1. The lowest BCUT2D eigenvalue weighted by molar-refractivity contribution is -0.158. The quantitative estimate of drug-likeness (QED) is 0.474. The van der Waals surface area contributed by atoms with E-state index in [0.717, 1.165) is 37.7 Å². The van der Waals surface area contributed by atoms with Gasteiger partial charge in [-0.2, -0.15) is 0 Å². The Kier molecular flexibility index (Phi) is 5.36. The molecule has 132 valence electrons. The van der Waals surface area contributed by atoms with Crippen LogP contribution in [0.25, 0.3) is 0 Å². The lowest BCUT2D eigenvalue weighted by Crippen LogP contribution is -2.49. The SMILES string of the molecule is C=C(C(=O)O)[C@@H]1CC[C@@]2(C)[C@@H](OC(=O)/C(C)=C\C)CCC(=C)[C@@H]2C1. The Bertz CT molecular complexity index is 601. The second-order valence-corrected chi connectivity index (χ2v) is 7.42. The lowest BCUT2D eigenvalue weighted by atomic mass is 9.55. The first-order valence-corrected chi connectivity index (χ1v) is 8.64. The van der Waals surface area contributed by atoms with Crippen LogP contribution in [0.5, 0.6) is 0 Å². The molecule has 0 radical (unpaired) electrons. The summed E-state index contributed by atoms with van der Waals surface area (Å²) in [6, 6.07) is 0. The number of aliphatic carboxylic acids is 1. The molecule has 24 heavy (non-hydrogen) atoms. The Hall–Kier alpha value is -1.84. The zero-order valence-electron chi connectivity index (χ0n) is 14.9. The third-order valence-corrected chi connectivity index (χ3v) is 6.08. The topological polar surface area (TPSA) is 63.6 Å². The number of ether oxygens (including phenoxy) is 1. The van der Waals surface area contributed by atoms with Crippen LogP contribution >= 0.6 is 0 Å². The maximum Gasteiger partial charge on any atom is 0.333 e. The molecule has 4 atom stereocenters. The maximum absolute atomic E-state index is 12.2. The standard InChI is InChI=1S/C20H28O4/c1-6-12(2)19(23)24-17-8-7-13(3)16-11-15(14(4)18(21)22)9-10-20(16,17)5/h6,15-17H,3-4,7-11H2,1-2,5H3,(H,21,22)/b12-6-/t15-,16+,17+,20-/m1/s1. The highest BCUT2D eigenvalue weighted by atomic mass is 16.5. The van der Waals surface area contributed by atoms with Crippen molar-refractivity contribution in [1.29, 1.82) is 0 Å². The molecule has 1 N–H and O–H groups in total. The van der Waals surface area contributed by atoms with Crippen LogP contribution in [-0.2, 0) is 14.3 Å². The summed E-state index contributed by atoms with van der Waals surface area (Å²) >= 11 is 0. The van der Waals surface area contributed by atoms with Crippen LogP contribution in [-0.4, -0.2) is 23.1 Å². The van der Waals surface area contributed by atoms with Crippen LogP contribution in [0, 0.1) is 17.3 Å². The van der Waals surface area contributed by atoms with Crippen molar-refractivity contribution >= 4 is 11.9 Å². The molecule has 4 heteroatoms. The highest BCUT2D eigenvalue weighted by molar-refractivity contribution is 5.88. The fourth-order valence-electron chi connectivity index (χ4n) is 4.19. The molecule has 0 aromatic heterocycles. The first-order chi connectivity index (χ1) is 11.2. The minimum atomic E-state index is -0.920. The molecule has 0 aromatic carbocycles. The van der Waals surface area contributed by atoms with Gasteiger partial charge in [0.05, 0.1) is 0 Å². The summed E-state index contributed by atoms with van der Waals surface area (Å²) in [5.41, 5.74) is 1.88. The molecule has 2 saturated carbocycles. The number of allylic oxidation sites excluding steroid dienone is 2. The summed E-state index contributed by atoms with van der Waals surface area (Å²) in [5.74, 6) is -1.03. The molecule has 0 spiro atoms. The normalized spacial score (nSPS) is 33.5. The van der Waals surface area contributed by atoms with Crippen molar-refractivity contribution in [3.05, 3.63) is 36.0 Å². The van der Waals surface area contributed by atoms with Crippen LogP contribution < -0.4 is 0 Å². The van der Waals surface area contributed by atoms with E-state index in [2.05, 4.69) is 20.1 Å². The van der Waals surface area contributed by atoms with Crippen molar-refractivity contribution < 1.29 is 19.4 Å². The molecule has 4 nitrogen and oxygen atoms in total. The number of hydrogen-bond acceptors (Lipinski definition) is 3. The Morgan fingerprint density at radius 1 is 1.38 bits per heavy atom. The number of rotatable bonds is 4. The molecule has 0 aromatic rings. The Morgan fingerprint density at radius 3 is 2.62 bits per heavy atom. The van der Waals surface area contributed by atoms with Crippen LogP contribution in [0.1, 0.15) is 52.9 Å². The van der Waals surface area contributed by atoms with Crippen molar-refractivity contribution in [1.82, 2.24) is 0 Å². The summed E-state index contributed by atoms with van der Waals surface area (Å²) in [6.07, 6.45) is 5.55. The summed E-state index contributed by atoms with van der Waals surface area (Å²) in [6.45, 7) is 13.7. The summed E-state index contributed by atoms with van der Waals surface area (Å²) < 4.78 is 5.82. The van der Waals surface area contributed by atoms with Gasteiger partial charge in [-0.1, -0.05) is 31.7 Å². The molecule has 2 aliphatic rings. The van der Waals surface area contributed by atoms with Gasteiger partial charge in [-0.3, -0.25) is 0 Å². The minimum Gasteiger partial charge on any atom is -0.478 e. The number of carbonyl (C=O) groups is 2. The van der Waals surface area contributed by atoms with Gasteiger partial charge in [0.15, 0.2) is 0 Å². The molecule has 0 bridgehead atoms. The van der Waals surface area contributed by atoms with Crippen molar-refractivity contribution in [2.45, 2.75) is 59.0 Å². The van der Waals surface area contributed by atoms with Crippen molar-refractivity contribution in [3.63, 3.8) is 0 Å². The Labute approximate surface area is 144 Å². The molecule has 0 aliphatic heterocycles. The lowest BCUT2D eigenvalue weighted by Gasteiger charge is -2.52. The van der Waals surface area contributed by atoms with Gasteiger partial charge in [-0.15, -0.1) is 0 Å². The highest BCUT2D eigenvalue weighted by Crippen LogP contribution is 2.55.